The molecule has 0 unspecified atom stereocenters. The molecule has 1 fully saturated rings. The molecule has 10 heteroatoms. The average molecular weight is 355 g/mol. The van der Waals surface area contributed by atoms with Crippen LogP contribution in [0.4, 0.5) is 8.78 Å². The van der Waals surface area contributed by atoms with Gasteiger partial charge in [0, 0.05) is 32.7 Å². The molecule has 0 radical (unpaired) electrons. The maximum absolute atomic E-state index is 13.9. The summed E-state index contributed by atoms with van der Waals surface area (Å²) in [4.78, 5) is 17.6. The molecular weight excluding hydrogens is 336 g/mol. The van der Waals surface area contributed by atoms with Crippen molar-refractivity contribution in [2.45, 2.75) is 44.9 Å². The van der Waals surface area contributed by atoms with Gasteiger partial charge in [-0.1, -0.05) is 5.16 Å². The van der Waals surface area contributed by atoms with E-state index in [0.29, 0.717) is 6.54 Å². The monoisotopic (exact) mass is 355 g/mol. The predicted molar refractivity (Wildman–Crippen MR) is 80.6 cm³/mol. The summed E-state index contributed by atoms with van der Waals surface area (Å²) in [5.74, 6) is -3.13. The summed E-state index contributed by atoms with van der Waals surface area (Å²) in [6.45, 7) is 1.66. The molecule has 1 saturated heterocycles. The van der Waals surface area contributed by atoms with Crippen LogP contribution in [0.15, 0.2) is 16.9 Å². The fourth-order valence-electron chi connectivity index (χ4n) is 2.83. The van der Waals surface area contributed by atoms with Crippen molar-refractivity contribution in [3.05, 3.63) is 29.7 Å². The van der Waals surface area contributed by atoms with Crippen molar-refractivity contribution in [1.29, 1.82) is 0 Å². The van der Waals surface area contributed by atoms with Gasteiger partial charge in [0.25, 0.3) is 5.92 Å². The van der Waals surface area contributed by atoms with Gasteiger partial charge in [0.2, 0.25) is 11.8 Å². The van der Waals surface area contributed by atoms with Gasteiger partial charge in [-0.05, 0) is 12.5 Å². The van der Waals surface area contributed by atoms with E-state index in [1.807, 2.05) is 6.92 Å². The van der Waals surface area contributed by atoms with Crippen LogP contribution in [0.25, 0.3) is 0 Å². The van der Waals surface area contributed by atoms with Gasteiger partial charge in [0.15, 0.2) is 5.82 Å². The molecule has 1 atom stereocenters. The van der Waals surface area contributed by atoms with Gasteiger partial charge in [0.05, 0.1) is 12.7 Å². The summed E-state index contributed by atoms with van der Waals surface area (Å²) < 4.78 is 39.3. The van der Waals surface area contributed by atoms with E-state index in [-0.39, 0.29) is 24.7 Å². The first-order valence-electron chi connectivity index (χ1n) is 7.86. The number of aromatic nitrogens is 4. The Morgan fingerprint density at radius 3 is 3.00 bits per heavy atom. The van der Waals surface area contributed by atoms with Crippen LogP contribution >= 0.6 is 0 Å². The minimum Gasteiger partial charge on any atom is -0.377 e. The van der Waals surface area contributed by atoms with Gasteiger partial charge in [-0.3, -0.25) is 9.48 Å². The normalized spacial score (nSPS) is 19.5. The molecule has 136 valence electrons. The fourth-order valence-corrected chi connectivity index (χ4v) is 2.83. The molecule has 0 N–H and O–H groups in total. The van der Waals surface area contributed by atoms with E-state index in [0.717, 1.165) is 10.5 Å². The molecule has 0 saturated carbocycles. The third kappa shape index (κ3) is 4.01. The van der Waals surface area contributed by atoms with Crippen LogP contribution in [-0.4, -0.2) is 50.3 Å². The lowest BCUT2D eigenvalue weighted by atomic mass is 10.2. The molecule has 2 aromatic rings. The number of rotatable bonds is 6. The first kappa shape index (κ1) is 17.5. The SMILES string of the molecule is COCc1noc([C@@H]2CC(F)(F)CN2C(=O)CCn2cc(C)cn2)n1. The summed E-state index contributed by atoms with van der Waals surface area (Å²) in [6, 6.07) is -0.931. The van der Waals surface area contributed by atoms with E-state index in [2.05, 4.69) is 15.2 Å². The average Bonchev–Trinajstić information content (AvgIpc) is 3.24. The second-order valence-electron chi connectivity index (χ2n) is 6.11. The van der Waals surface area contributed by atoms with E-state index in [1.165, 1.54) is 7.11 Å². The molecule has 1 amide bonds. The van der Waals surface area contributed by atoms with Crippen LogP contribution in [0.1, 0.15) is 36.2 Å². The van der Waals surface area contributed by atoms with E-state index in [4.69, 9.17) is 9.26 Å². The number of hydrogen-bond donors (Lipinski definition) is 0. The predicted octanol–water partition coefficient (Wildman–Crippen LogP) is 1.72. The molecule has 2 aromatic heterocycles. The Kier molecular flexibility index (Phi) is 4.80. The highest BCUT2D eigenvalue weighted by molar-refractivity contribution is 5.77. The summed E-state index contributed by atoms with van der Waals surface area (Å²) >= 11 is 0. The summed E-state index contributed by atoms with van der Waals surface area (Å²) in [7, 11) is 1.46. The van der Waals surface area contributed by atoms with Crippen molar-refractivity contribution >= 4 is 5.91 Å². The highest BCUT2D eigenvalue weighted by Gasteiger charge is 2.49. The molecule has 0 bridgehead atoms. The number of aryl methyl sites for hydroxylation is 2. The largest absolute Gasteiger partial charge is 0.377 e. The quantitative estimate of drug-likeness (QED) is 0.784. The Bertz CT molecular complexity index is 745. The first-order valence-corrected chi connectivity index (χ1v) is 7.86. The standard InChI is InChI=1S/C15H19F2N5O3/c1-10-6-18-21(7-10)4-3-13(23)22-9-15(16,17)5-11(22)14-19-12(8-24-2)20-25-14/h6-7,11H,3-5,8-9H2,1-2H3/t11-/m0/s1. The summed E-state index contributed by atoms with van der Waals surface area (Å²) in [6.07, 6.45) is 2.99. The molecular formula is C15H19F2N5O3. The van der Waals surface area contributed by atoms with Crippen molar-refractivity contribution < 1.29 is 22.8 Å². The van der Waals surface area contributed by atoms with Crippen molar-refractivity contribution in [3.63, 3.8) is 0 Å². The van der Waals surface area contributed by atoms with Gasteiger partial charge in [-0.2, -0.15) is 10.1 Å². The lowest BCUT2D eigenvalue weighted by Gasteiger charge is -2.21. The third-order valence-corrected chi connectivity index (χ3v) is 3.95. The molecule has 3 heterocycles. The number of carbonyl (C=O) groups excluding carboxylic acids is 1. The van der Waals surface area contributed by atoms with E-state index in [9.17, 15) is 13.6 Å². The second-order valence-corrected chi connectivity index (χ2v) is 6.11. The smallest absolute Gasteiger partial charge is 0.267 e. The topological polar surface area (TPSA) is 86.3 Å². The maximum Gasteiger partial charge on any atom is 0.267 e. The van der Waals surface area contributed by atoms with Gasteiger partial charge in [0.1, 0.15) is 12.6 Å². The molecule has 1 aliphatic heterocycles. The van der Waals surface area contributed by atoms with Crippen LogP contribution < -0.4 is 0 Å². The zero-order valence-corrected chi connectivity index (χ0v) is 14.0. The molecule has 8 nitrogen and oxygen atoms in total. The van der Waals surface area contributed by atoms with Crippen LogP contribution in [0.5, 0.6) is 0 Å². The minimum absolute atomic E-state index is 0.00695. The number of alkyl halides is 2. The van der Waals surface area contributed by atoms with Crippen LogP contribution in [0, 0.1) is 6.92 Å². The highest BCUT2D eigenvalue weighted by Crippen LogP contribution is 2.40. The Morgan fingerprint density at radius 1 is 1.52 bits per heavy atom. The number of methoxy groups -OCH3 is 1. The number of nitrogens with zero attached hydrogens (tertiary/aromatic N) is 5. The van der Waals surface area contributed by atoms with Gasteiger partial charge >= 0.3 is 0 Å². The lowest BCUT2D eigenvalue weighted by molar-refractivity contribution is -0.134. The summed E-state index contributed by atoms with van der Waals surface area (Å²) in [5, 5.41) is 7.77. The zero-order chi connectivity index (χ0) is 18.0. The third-order valence-electron chi connectivity index (χ3n) is 3.95. The van der Waals surface area contributed by atoms with Gasteiger partial charge < -0.3 is 14.2 Å². The van der Waals surface area contributed by atoms with Gasteiger partial charge in [-0.25, -0.2) is 8.78 Å². The number of amides is 1. The summed E-state index contributed by atoms with van der Waals surface area (Å²) in [5.41, 5.74) is 0.967. The van der Waals surface area contributed by atoms with Crippen LogP contribution in [0.3, 0.4) is 0 Å². The number of carbonyl (C=O) groups is 1. The first-order chi connectivity index (χ1) is 11.9. The molecule has 0 spiro atoms. The Labute approximate surface area is 142 Å². The molecule has 3 rings (SSSR count). The molecule has 1 aliphatic rings. The fraction of sp³-hybridized carbons (Fsp3) is 0.600. The van der Waals surface area contributed by atoms with Crippen molar-refractivity contribution in [2.75, 3.05) is 13.7 Å². The number of halogens is 2. The van der Waals surface area contributed by atoms with Crippen molar-refractivity contribution in [2.24, 2.45) is 0 Å². The van der Waals surface area contributed by atoms with E-state index >= 15 is 0 Å². The minimum atomic E-state index is -2.99. The number of hydrogen-bond acceptors (Lipinski definition) is 6. The molecule has 0 aromatic carbocycles. The molecule has 25 heavy (non-hydrogen) atoms. The van der Waals surface area contributed by atoms with E-state index in [1.54, 1.807) is 17.1 Å². The van der Waals surface area contributed by atoms with Crippen LogP contribution in [-0.2, 0) is 22.7 Å². The highest BCUT2D eigenvalue weighted by atomic mass is 19.3. The van der Waals surface area contributed by atoms with Crippen molar-refractivity contribution in [3.8, 4) is 0 Å². The number of likely N-dealkylation sites (tertiary alicyclic amines) is 1. The second kappa shape index (κ2) is 6.87. The van der Waals surface area contributed by atoms with Crippen molar-refractivity contribution in [1.82, 2.24) is 24.8 Å². The zero-order valence-electron chi connectivity index (χ0n) is 14.0. The Morgan fingerprint density at radius 2 is 2.32 bits per heavy atom. The Hall–Kier alpha value is -2.36. The maximum atomic E-state index is 13.9. The lowest BCUT2D eigenvalue weighted by Crippen LogP contribution is -2.33. The van der Waals surface area contributed by atoms with Gasteiger partial charge in [-0.15, -0.1) is 0 Å². The van der Waals surface area contributed by atoms with E-state index < -0.39 is 30.8 Å². The molecule has 0 aliphatic carbocycles. The van der Waals surface area contributed by atoms with Crippen LogP contribution in [0.2, 0.25) is 0 Å². The number of ether oxygens (including phenoxy) is 1. The Balaban J connectivity index is 1.70.